The van der Waals surface area contributed by atoms with E-state index in [4.69, 9.17) is 20.6 Å². The Morgan fingerprint density at radius 1 is 1.37 bits per heavy atom. The summed E-state index contributed by atoms with van der Waals surface area (Å²) in [6.07, 6.45) is 2.43. The second-order valence-corrected chi connectivity index (χ2v) is 5.88. The molecule has 2 atom stereocenters. The summed E-state index contributed by atoms with van der Waals surface area (Å²) in [5.74, 6) is 0.843. The highest BCUT2D eigenvalue weighted by Gasteiger charge is 2.25. The van der Waals surface area contributed by atoms with Crippen LogP contribution >= 0.6 is 15.9 Å². The molecule has 1 aromatic rings. The molecule has 1 heterocycles. The third-order valence-electron chi connectivity index (χ3n) is 3.19. The van der Waals surface area contributed by atoms with E-state index in [1.165, 1.54) is 0 Å². The van der Waals surface area contributed by atoms with Gasteiger partial charge in [-0.15, -0.1) is 0 Å². The Balaban J connectivity index is 2.07. The van der Waals surface area contributed by atoms with E-state index in [0.29, 0.717) is 5.56 Å². The number of hydrogen-bond acceptors (Lipinski definition) is 3. The van der Waals surface area contributed by atoms with Gasteiger partial charge in [0.15, 0.2) is 0 Å². The normalized spacial score (nSPS) is 27.0. The maximum atomic E-state index is 7.44. The second-order valence-electron chi connectivity index (χ2n) is 5.02. The van der Waals surface area contributed by atoms with Crippen molar-refractivity contribution in [3.63, 3.8) is 0 Å². The molecule has 1 aromatic carbocycles. The van der Waals surface area contributed by atoms with Gasteiger partial charge in [0.2, 0.25) is 0 Å². The molecule has 0 amide bonds. The van der Waals surface area contributed by atoms with Crippen LogP contribution in [0.1, 0.15) is 32.3 Å². The van der Waals surface area contributed by atoms with Crippen LogP contribution in [0, 0.1) is 5.41 Å². The summed E-state index contributed by atoms with van der Waals surface area (Å²) in [6, 6.07) is 5.52. The lowest BCUT2D eigenvalue weighted by Gasteiger charge is -2.32. The Labute approximate surface area is 121 Å². The van der Waals surface area contributed by atoms with Gasteiger partial charge in [0.25, 0.3) is 0 Å². The fourth-order valence-electron chi connectivity index (χ4n) is 2.42. The van der Waals surface area contributed by atoms with Gasteiger partial charge in [0.05, 0.1) is 12.2 Å². The molecule has 2 rings (SSSR count). The molecule has 1 saturated heterocycles. The molecule has 104 valence electrons. The number of amidine groups is 1. The number of benzene rings is 1. The van der Waals surface area contributed by atoms with Crippen molar-refractivity contribution in [3.8, 4) is 5.75 Å². The SMILES string of the molecule is CC1CC(Oc2ccc(C(=N)N)c(Br)c2)CC(C)O1. The van der Waals surface area contributed by atoms with Gasteiger partial charge in [-0.3, -0.25) is 5.41 Å². The first-order chi connectivity index (χ1) is 8.95. The number of nitrogens with two attached hydrogens (primary N) is 1. The number of hydrogen-bond donors (Lipinski definition) is 2. The van der Waals surface area contributed by atoms with E-state index in [2.05, 4.69) is 29.8 Å². The topological polar surface area (TPSA) is 68.3 Å². The first-order valence-corrected chi connectivity index (χ1v) is 7.21. The Kier molecular flexibility index (Phi) is 4.47. The van der Waals surface area contributed by atoms with Crippen molar-refractivity contribution in [2.75, 3.05) is 0 Å². The first kappa shape index (κ1) is 14.3. The smallest absolute Gasteiger partial charge is 0.123 e. The number of nitrogens with one attached hydrogen (secondary N) is 1. The van der Waals surface area contributed by atoms with Crippen LogP contribution in [0.5, 0.6) is 5.75 Å². The van der Waals surface area contributed by atoms with Gasteiger partial charge in [0, 0.05) is 22.9 Å². The van der Waals surface area contributed by atoms with Crippen molar-refractivity contribution < 1.29 is 9.47 Å². The quantitative estimate of drug-likeness (QED) is 0.662. The van der Waals surface area contributed by atoms with Crippen LogP contribution in [0.15, 0.2) is 22.7 Å². The number of nitrogen functional groups attached to an aromatic ring is 1. The number of rotatable bonds is 3. The number of ether oxygens (including phenoxy) is 2. The van der Waals surface area contributed by atoms with Crippen LogP contribution < -0.4 is 10.5 Å². The molecule has 0 aromatic heterocycles. The van der Waals surface area contributed by atoms with E-state index < -0.39 is 0 Å². The maximum absolute atomic E-state index is 7.44. The molecular formula is C14H19BrN2O2. The summed E-state index contributed by atoms with van der Waals surface area (Å²) < 4.78 is 12.5. The zero-order valence-electron chi connectivity index (χ0n) is 11.2. The Hall–Kier alpha value is -1.07. The van der Waals surface area contributed by atoms with Crippen molar-refractivity contribution in [3.05, 3.63) is 28.2 Å². The minimum absolute atomic E-state index is 0.0479. The zero-order valence-corrected chi connectivity index (χ0v) is 12.7. The van der Waals surface area contributed by atoms with Crippen LogP contribution in [-0.2, 0) is 4.74 Å². The van der Waals surface area contributed by atoms with Crippen LogP contribution in [-0.4, -0.2) is 24.1 Å². The monoisotopic (exact) mass is 326 g/mol. The fraction of sp³-hybridized carbons (Fsp3) is 0.500. The molecule has 2 unspecified atom stereocenters. The number of halogens is 1. The van der Waals surface area contributed by atoms with E-state index in [9.17, 15) is 0 Å². The predicted octanol–water partition coefficient (Wildman–Crippen LogP) is 3.07. The van der Waals surface area contributed by atoms with E-state index in [1.54, 1.807) is 6.07 Å². The lowest BCUT2D eigenvalue weighted by atomic mass is 10.0. The Morgan fingerprint density at radius 2 is 2.00 bits per heavy atom. The van der Waals surface area contributed by atoms with Crippen LogP contribution in [0.4, 0.5) is 0 Å². The summed E-state index contributed by atoms with van der Waals surface area (Å²) in [7, 11) is 0. The highest BCUT2D eigenvalue weighted by atomic mass is 79.9. The van der Waals surface area contributed by atoms with Gasteiger partial charge in [-0.2, -0.15) is 0 Å². The molecule has 0 bridgehead atoms. The van der Waals surface area contributed by atoms with Crippen LogP contribution in [0.3, 0.4) is 0 Å². The summed E-state index contributed by atoms with van der Waals surface area (Å²) >= 11 is 3.41. The van der Waals surface area contributed by atoms with E-state index in [-0.39, 0.29) is 24.1 Å². The molecular weight excluding hydrogens is 308 g/mol. The predicted molar refractivity (Wildman–Crippen MR) is 78.8 cm³/mol. The minimum atomic E-state index is 0.0479. The van der Waals surface area contributed by atoms with E-state index in [0.717, 1.165) is 23.1 Å². The van der Waals surface area contributed by atoms with Gasteiger partial charge >= 0.3 is 0 Å². The fourth-order valence-corrected chi connectivity index (χ4v) is 2.99. The van der Waals surface area contributed by atoms with Crippen LogP contribution in [0.25, 0.3) is 0 Å². The largest absolute Gasteiger partial charge is 0.490 e. The molecule has 19 heavy (non-hydrogen) atoms. The summed E-state index contributed by atoms with van der Waals surface area (Å²) in [5.41, 5.74) is 6.16. The van der Waals surface area contributed by atoms with Crippen molar-refractivity contribution in [1.29, 1.82) is 5.41 Å². The van der Waals surface area contributed by atoms with Gasteiger partial charge < -0.3 is 15.2 Å². The average Bonchev–Trinajstić information content (AvgIpc) is 2.26. The molecule has 0 radical (unpaired) electrons. The van der Waals surface area contributed by atoms with E-state index in [1.807, 2.05) is 12.1 Å². The summed E-state index contributed by atoms with van der Waals surface area (Å²) in [4.78, 5) is 0. The summed E-state index contributed by atoms with van der Waals surface area (Å²) in [5, 5.41) is 7.44. The zero-order chi connectivity index (χ0) is 14.0. The molecule has 0 aliphatic carbocycles. The molecule has 1 aliphatic heterocycles. The van der Waals surface area contributed by atoms with Crippen molar-refractivity contribution in [2.45, 2.75) is 45.0 Å². The second kappa shape index (κ2) is 5.92. The molecule has 4 nitrogen and oxygen atoms in total. The standard InChI is InChI=1S/C14H19BrN2O2/c1-8-5-11(6-9(2)18-8)19-10-3-4-12(14(16)17)13(15)7-10/h3-4,7-9,11H,5-6H2,1-2H3,(H3,16,17). The third-order valence-corrected chi connectivity index (χ3v) is 3.84. The highest BCUT2D eigenvalue weighted by Crippen LogP contribution is 2.27. The third kappa shape index (κ3) is 3.70. The van der Waals surface area contributed by atoms with Gasteiger partial charge in [0.1, 0.15) is 17.7 Å². The van der Waals surface area contributed by atoms with Gasteiger partial charge in [-0.25, -0.2) is 0 Å². The molecule has 0 spiro atoms. The lowest BCUT2D eigenvalue weighted by molar-refractivity contribution is -0.0721. The van der Waals surface area contributed by atoms with Crippen molar-refractivity contribution in [2.24, 2.45) is 5.73 Å². The highest BCUT2D eigenvalue weighted by molar-refractivity contribution is 9.10. The Bertz CT molecular complexity index is 469. The molecule has 1 aliphatic rings. The van der Waals surface area contributed by atoms with Crippen LogP contribution in [0.2, 0.25) is 0 Å². The van der Waals surface area contributed by atoms with Crippen molar-refractivity contribution >= 4 is 21.8 Å². The molecule has 1 fully saturated rings. The van der Waals surface area contributed by atoms with Crippen molar-refractivity contribution in [1.82, 2.24) is 0 Å². The molecule has 0 saturated carbocycles. The molecule has 3 N–H and O–H groups in total. The molecule has 5 heteroatoms. The Morgan fingerprint density at radius 3 is 2.53 bits per heavy atom. The van der Waals surface area contributed by atoms with E-state index >= 15 is 0 Å². The minimum Gasteiger partial charge on any atom is -0.490 e. The average molecular weight is 327 g/mol. The van der Waals surface area contributed by atoms with Gasteiger partial charge in [-0.1, -0.05) is 0 Å². The maximum Gasteiger partial charge on any atom is 0.123 e. The first-order valence-electron chi connectivity index (χ1n) is 6.41. The summed E-state index contributed by atoms with van der Waals surface area (Å²) in [6.45, 7) is 4.14. The lowest BCUT2D eigenvalue weighted by Crippen LogP contribution is -2.35. The van der Waals surface area contributed by atoms with Gasteiger partial charge in [-0.05, 0) is 48.0 Å².